The van der Waals surface area contributed by atoms with Gasteiger partial charge in [-0.25, -0.2) is 4.72 Å². The first-order chi connectivity index (χ1) is 10.1. The van der Waals surface area contributed by atoms with Crippen molar-refractivity contribution in [3.05, 3.63) is 29.8 Å². The van der Waals surface area contributed by atoms with Crippen LogP contribution in [0.3, 0.4) is 0 Å². The number of rotatable bonds is 4. The topological polar surface area (TPSA) is 58.6 Å². The van der Waals surface area contributed by atoms with Crippen molar-refractivity contribution in [2.24, 2.45) is 5.92 Å². The van der Waals surface area contributed by atoms with Gasteiger partial charge in [0, 0.05) is 19.6 Å². The van der Waals surface area contributed by atoms with Crippen molar-refractivity contribution in [1.29, 1.82) is 0 Å². The lowest BCUT2D eigenvalue weighted by Gasteiger charge is -2.19. The number of fused-ring (bicyclic) bond motifs is 1. The molecule has 1 aromatic rings. The van der Waals surface area contributed by atoms with E-state index >= 15 is 0 Å². The molecule has 0 unspecified atom stereocenters. The maximum Gasteiger partial charge on any atom is 0.279 e. The molecule has 0 bridgehead atoms. The fourth-order valence-electron chi connectivity index (χ4n) is 2.98. The largest absolute Gasteiger partial charge is 0.493 e. The summed E-state index contributed by atoms with van der Waals surface area (Å²) in [5.74, 6) is 1.22. The van der Waals surface area contributed by atoms with Crippen molar-refractivity contribution in [2.45, 2.75) is 25.7 Å². The lowest BCUT2D eigenvalue weighted by atomic mass is 9.97. The molecule has 0 radical (unpaired) electrons. The molecule has 1 N–H and O–H groups in total. The van der Waals surface area contributed by atoms with Gasteiger partial charge in [-0.1, -0.05) is 18.2 Å². The second-order valence-electron chi connectivity index (χ2n) is 5.77. The van der Waals surface area contributed by atoms with Crippen molar-refractivity contribution >= 4 is 10.2 Å². The average Bonchev–Trinajstić information content (AvgIpc) is 2.94. The van der Waals surface area contributed by atoms with Gasteiger partial charge in [-0.3, -0.25) is 0 Å². The van der Waals surface area contributed by atoms with Gasteiger partial charge in [-0.05, 0) is 43.2 Å². The van der Waals surface area contributed by atoms with Crippen molar-refractivity contribution in [1.82, 2.24) is 9.03 Å². The summed E-state index contributed by atoms with van der Waals surface area (Å²) in [6, 6.07) is 8.00. The van der Waals surface area contributed by atoms with Crippen molar-refractivity contribution < 1.29 is 13.2 Å². The highest BCUT2D eigenvalue weighted by atomic mass is 32.2. The Labute approximate surface area is 126 Å². The number of hydrogen-bond donors (Lipinski definition) is 1. The molecule has 2 aliphatic heterocycles. The third kappa shape index (κ3) is 3.56. The van der Waals surface area contributed by atoms with E-state index in [1.165, 1.54) is 5.56 Å². The van der Waals surface area contributed by atoms with Crippen LogP contribution >= 0.6 is 0 Å². The van der Waals surface area contributed by atoms with E-state index in [0.29, 0.717) is 26.2 Å². The summed E-state index contributed by atoms with van der Waals surface area (Å²) in [6.07, 6.45) is 3.66. The van der Waals surface area contributed by atoms with Gasteiger partial charge in [0.05, 0.1) is 6.61 Å². The van der Waals surface area contributed by atoms with E-state index in [0.717, 1.165) is 31.4 Å². The molecule has 3 rings (SSSR count). The first-order valence-electron chi connectivity index (χ1n) is 7.60. The Balaban J connectivity index is 1.61. The van der Waals surface area contributed by atoms with Crippen LogP contribution in [0.15, 0.2) is 24.3 Å². The lowest BCUT2D eigenvalue weighted by Crippen LogP contribution is -2.41. The Morgan fingerprint density at radius 1 is 1.24 bits per heavy atom. The van der Waals surface area contributed by atoms with Crippen LogP contribution in [0.4, 0.5) is 0 Å². The minimum atomic E-state index is -3.31. The van der Waals surface area contributed by atoms with E-state index < -0.39 is 10.2 Å². The molecule has 5 nitrogen and oxygen atoms in total. The number of para-hydroxylation sites is 1. The summed E-state index contributed by atoms with van der Waals surface area (Å²) < 4.78 is 34.4. The molecule has 1 aromatic carbocycles. The van der Waals surface area contributed by atoms with Gasteiger partial charge in [-0.15, -0.1) is 0 Å². The molecular formula is C15H22N2O3S. The Hall–Kier alpha value is -1.11. The van der Waals surface area contributed by atoms with E-state index in [2.05, 4.69) is 10.8 Å². The highest BCUT2D eigenvalue weighted by molar-refractivity contribution is 7.87. The number of nitrogens with zero attached hydrogens (tertiary/aromatic N) is 1. The Morgan fingerprint density at radius 2 is 2.00 bits per heavy atom. The van der Waals surface area contributed by atoms with Crippen LogP contribution < -0.4 is 9.46 Å². The molecule has 1 fully saturated rings. The second kappa shape index (κ2) is 6.34. The molecule has 2 heterocycles. The summed E-state index contributed by atoms with van der Waals surface area (Å²) >= 11 is 0. The maximum atomic E-state index is 12.2. The molecular weight excluding hydrogens is 288 g/mol. The van der Waals surface area contributed by atoms with E-state index in [-0.39, 0.29) is 5.92 Å². The van der Waals surface area contributed by atoms with Crippen LogP contribution in [-0.2, 0) is 16.6 Å². The van der Waals surface area contributed by atoms with E-state index in [1.54, 1.807) is 4.31 Å². The number of nitrogens with one attached hydrogen (secondary N) is 1. The van der Waals surface area contributed by atoms with Gasteiger partial charge in [-0.2, -0.15) is 12.7 Å². The van der Waals surface area contributed by atoms with E-state index in [9.17, 15) is 8.42 Å². The maximum absolute atomic E-state index is 12.2. The fourth-order valence-corrected chi connectivity index (χ4v) is 4.35. The predicted octanol–water partition coefficient (Wildman–Crippen LogP) is 1.56. The van der Waals surface area contributed by atoms with Gasteiger partial charge in [0.1, 0.15) is 5.75 Å². The smallest absolute Gasteiger partial charge is 0.279 e. The van der Waals surface area contributed by atoms with Gasteiger partial charge in [0.25, 0.3) is 10.2 Å². The monoisotopic (exact) mass is 310 g/mol. The lowest BCUT2D eigenvalue weighted by molar-refractivity contribution is 0.294. The first-order valence-corrected chi connectivity index (χ1v) is 9.04. The Kier molecular flexibility index (Phi) is 4.47. The highest BCUT2D eigenvalue weighted by Crippen LogP contribution is 2.26. The van der Waals surface area contributed by atoms with Crippen molar-refractivity contribution in [3.8, 4) is 5.75 Å². The third-order valence-corrected chi connectivity index (χ3v) is 5.80. The Morgan fingerprint density at radius 3 is 2.81 bits per heavy atom. The minimum Gasteiger partial charge on any atom is -0.493 e. The quantitative estimate of drug-likeness (QED) is 0.918. The second-order valence-corrected chi connectivity index (χ2v) is 7.53. The van der Waals surface area contributed by atoms with Crippen molar-refractivity contribution in [2.75, 3.05) is 26.2 Å². The number of benzene rings is 1. The van der Waals surface area contributed by atoms with Crippen LogP contribution in [0.2, 0.25) is 0 Å². The summed E-state index contributed by atoms with van der Waals surface area (Å²) in [7, 11) is -3.31. The van der Waals surface area contributed by atoms with Crippen LogP contribution in [0.5, 0.6) is 5.75 Å². The summed E-state index contributed by atoms with van der Waals surface area (Å²) in [4.78, 5) is 0. The van der Waals surface area contributed by atoms with Crippen molar-refractivity contribution in [3.63, 3.8) is 0 Å². The van der Waals surface area contributed by atoms with Crippen LogP contribution in [-0.4, -0.2) is 39.0 Å². The normalized spacial score (nSPS) is 23.3. The molecule has 1 atom stereocenters. The first kappa shape index (κ1) is 14.8. The number of hydrogen-bond acceptors (Lipinski definition) is 3. The molecule has 0 amide bonds. The molecule has 6 heteroatoms. The molecule has 1 saturated heterocycles. The van der Waals surface area contributed by atoms with Crippen LogP contribution in [0, 0.1) is 5.92 Å². The molecule has 21 heavy (non-hydrogen) atoms. The zero-order chi connectivity index (χ0) is 14.7. The molecule has 0 aliphatic carbocycles. The van der Waals surface area contributed by atoms with E-state index in [4.69, 9.17) is 4.74 Å². The zero-order valence-electron chi connectivity index (χ0n) is 12.1. The van der Waals surface area contributed by atoms with Crippen LogP contribution in [0.25, 0.3) is 0 Å². The average molecular weight is 310 g/mol. The van der Waals surface area contributed by atoms with Gasteiger partial charge in [0.2, 0.25) is 0 Å². The molecule has 2 aliphatic rings. The molecule has 0 spiro atoms. The molecule has 0 aromatic heterocycles. The predicted molar refractivity (Wildman–Crippen MR) is 81.5 cm³/mol. The van der Waals surface area contributed by atoms with Gasteiger partial charge >= 0.3 is 0 Å². The summed E-state index contributed by atoms with van der Waals surface area (Å²) in [5.41, 5.74) is 1.17. The summed E-state index contributed by atoms with van der Waals surface area (Å²) in [6.45, 7) is 2.42. The zero-order valence-corrected chi connectivity index (χ0v) is 12.9. The SMILES string of the molecule is O=S(=O)(NC[C@H]1CCOc2ccccc2C1)N1CCCC1. The summed E-state index contributed by atoms with van der Waals surface area (Å²) in [5, 5.41) is 0. The number of ether oxygens (including phenoxy) is 1. The third-order valence-electron chi connectivity index (χ3n) is 4.22. The van der Waals surface area contributed by atoms with Crippen LogP contribution in [0.1, 0.15) is 24.8 Å². The van der Waals surface area contributed by atoms with Gasteiger partial charge < -0.3 is 4.74 Å². The van der Waals surface area contributed by atoms with Gasteiger partial charge in [0.15, 0.2) is 0 Å². The van der Waals surface area contributed by atoms with E-state index in [1.807, 2.05) is 18.2 Å². The Bertz CT molecular complexity index is 582. The standard InChI is InChI=1S/C15H22N2O3S/c18-21(19,17-8-3-4-9-17)16-12-13-7-10-20-15-6-2-1-5-14(15)11-13/h1-2,5-6,13,16H,3-4,7-12H2/t13-/m0/s1. The highest BCUT2D eigenvalue weighted by Gasteiger charge is 2.26. The fraction of sp³-hybridized carbons (Fsp3) is 0.600. The molecule has 0 saturated carbocycles. The minimum absolute atomic E-state index is 0.283. The molecule has 116 valence electrons.